The van der Waals surface area contributed by atoms with Crippen LogP contribution in [0.4, 0.5) is 0 Å². The van der Waals surface area contributed by atoms with E-state index in [0.29, 0.717) is 11.3 Å². The molecule has 0 radical (unpaired) electrons. The number of carbonyl (C=O) groups excluding carboxylic acids is 1. The summed E-state index contributed by atoms with van der Waals surface area (Å²) in [6.45, 7) is -0.643. The Balaban J connectivity index is 1.71. The van der Waals surface area contributed by atoms with E-state index in [1.807, 2.05) is 0 Å². The number of rotatable bonds is 6. The highest BCUT2D eigenvalue weighted by Crippen LogP contribution is 2.51. The third kappa shape index (κ3) is 4.12. The maximum Gasteiger partial charge on any atom is 0.229 e. The zero-order valence-electron chi connectivity index (χ0n) is 18.5. The molecule has 6 atom stereocenters. The van der Waals surface area contributed by atoms with Gasteiger partial charge in [-0.3, -0.25) is 4.79 Å². The van der Waals surface area contributed by atoms with E-state index >= 15 is 0 Å². The Morgan fingerprint density at radius 1 is 1.03 bits per heavy atom. The first-order valence-corrected chi connectivity index (χ1v) is 10.5. The number of fused-ring (bicyclic) bond motifs is 1. The smallest absolute Gasteiger partial charge is 0.229 e. The van der Waals surface area contributed by atoms with Crippen molar-refractivity contribution < 1.29 is 54.0 Å². The molecular weight excluding hydrogens is 452 g/mol. The molecule has 2 aliphatic rings. The van der Waals surface area contributed by atoms with Crippen molar-refractivity contribution in [1.82, 2.24) is 0 Å². The maximum absolute atomic E-state index is 12.9. The summed E-state index contributed by atoms with van der Waals surface area (Å²) in [6.07, 6.45) is -8.46. The Hall–Kier alpha value is -3.09. The third-order valence-corrected chi connectivity index (χ3v) is 5.87. The summed E-state index contributed by atoms with van der Waals surface area (Å²) in [7, 11) is 2.80. The number of benzene rings is 2. The van der Waals surface area contributed by atoms with Gasteiger partial charge < -0.3 is 49.2 Å². The van der Waals surface area contributed by atoms with Crippen molar-refractivity contribution in [2.24, 2.45) is 0 Å². The second-order valence-electron chi connectivity index (χ2n) is 7.92. The number of ketones is 1. The Kier molecular flexibility index (Phi) is 6.82. The molecule has 2 heterocycles. The fourth-order valence-electron chi connectivity index (χ4n) is 4.12. The van der Waals surface area contributed by atoms with Gasteiger partial charge in [0, 0.05) is 11.6 Å². The normalized spacial score (nSPS) is 28.6. The second-order valence-corrected chi connectivity index (χ2v) is 7.92. The van der Waals surface area contributed by atoms with Gasteiger partial charge in [0.1, 0.15) is 47.6 Å². The van der Waals surface area contributed by atoms with Crippen molar-refractivity contribution in [2.45, 2.75) is 43.2 Å². The van der Waals surface area contributed by atoms with E-state index in [9.17, 15) is 30.3 Å². The fourth-order valence-corrected chi connectivity index (χ4v) is 4.12. The highest BCUT2D eigenvalue weighted by molar-refractivity contribution is 6.04. The van der Waals surface area contributed by atoms with Gasteiger partial charge in [-0.2, -0.15) is 0 Å². The highest BCUT2D eigenvalue weighted by atomic mass is 16.7. The number of aliphatic hydroxyl groups is 4. The lowest BCUT2D eigenvalue weighted by atomic mass is 9.94. The molecule has 1 saturated heterocycles. The minimum Gasteiger partial charge on any atom is -0.507 e. The molecule has 0 saturated carbocycles. The van der Waals surface area contributed by atoms with Crippen LogP contribution in [0, 0.1) is 0 Å². The molecule has 2 aromatic carbocycles. The zero-order valence-corrected chi connectivity index (χ0v) is 18.5. The largest absolute Gasteiger partial charge is 0.507 e. The van der Waals surface area contributed by atoms with Gasteiger partial charge in [-0.1, -0.05) is 18.2 Å². The van der Waals surface area contributed by atoms with Gasteiger partial charge in [0.2, 0.25) is 12.0 Å². The van der Waals surface area contributed by atoms with Crippen LogP contribution in [0.1, 0.15) is 28.4 Å². The van der Waals surface area contributed by atoms with Gasteiger partial charge in [0.15, 0.2) is 17.3 Å². The highest BCUT2D eigenvalue weighted by Gasteiger charge is 2.45. The lowest BCUT2D eigenvalue weighted by Crippen LogP contribution is -2.60. The first-order valence-electron chi connectivity index (χ1n) is 10.5. The molecule has 0 aliphatic carbocycles. The molecule has 11 nitrogen and oxygen atoms in total. The number of aliphatic hydroxyl groups excluding tert-OH is 4. The van der Waals surface area contributed by atoms with Gasteiger partial charge in [-0.15, -0.1) is 0 Å². The third-order valence-electron chi connectivity index (χ3n) is 5.87. The minimum atomic E-state index is -1.69. The molecule has 2 aromatic rings. The summed E-state index contributed by atoms with van der Waals surface area (Å²) < 4.78 is 27.9. The van der Waals surface area contributed by atoms with E-state index < -0.39 is 54.9 Å². The van der Waals surface area contributed by atoms with Crippen LogP contribution in [0.2, 0.25) is 0 Å². The van der Waals surface area contributed by atoms with E-state index in [-0.39, 0.29) is 29.2 Å². The number of phenolic OH excluding ortho intramolecular Hbond substituents is 1. The van der Waals surface area contributed by atoms with Crippen LogP contribution in [0.5, 0.6) is 28.7 Å². The van der Waals surface area contributed by atoms with Gasteiger partial charge in [0.25, 0.3) is 0 Å². The van der Waals surface area contributed by atoms with Crippen molar-refractivity contribution >= 4 is 5.78 Å². The van der Waals surface area contributed by atoms with Gasteiger partial charge in [-0.05, 0) is 6.07 Å². The first kappa shape index (κ1) is 24.0. The molecular formula is C23H26O11. The summed E-state index contributed by atoms with van der Waals surface area (Å²) in [5.41, 5.74) is 0.523. The molecule has 5 N–H and O–H groups in total. The molecule has 4 rings (SSSR count). The maximum atomic E-state index is 12.9. The standard InChI is InChI=1S/C23H26O11/c1-30-13-6-4-3-5-10(13)14-7-11(25)17-12(26)8-15(21(31-2)22(17)32-14)33-23-20(29)19(28)18(27)16(9-24)34-23/h3-6,8,14,16,18-20,23-24,26-29H,7,9H2,1-2H3. The summed E-state index contributed by atoms with van der Waals surface area (Å²) in [4.78, 5) is 12.9. The fraction of sp³-hybridized carbons (Fsp3) is 0.435. The molecule has 184 valence electrons. The number of ether oxygens (including phenoxy) is 5. The number of methoxy groups -OCH3 is 2. The summed E-state index contributed by atoms with van der Waals surface area (Å²) in [5.74, 6) is -0.615. The van der Waals surface area contributed by atoms with Crippen LogP contribution in [0.25, 0.3) is 0 Å². The number of hydrogen-bond donors (Lipinski definition) is 5. The van der Waals surface area contributed by atoms with Crippen molar-refractivity contribution in [3.05, 3.63) is 41.5 Å². The quantitative estimate of drug-likeness (QED) is 0.388. The van der Waals surface area contributed by atoms with E-state index in [2.05, 4.69) is 0 Å². The van der Waals surface area contributed by atoms with Crippen molar-refractivity contribution in [3.8, 4) is 28.7 Å². The van der Waals surface area contributed by atoms with E-state index in [4.69, 9.17) is 23.7 Å². The van der Waals surface area contributed by atoms with Gasteiger partial charge in [-0.25, -0.2) is 0 Å². The molecule has 1 fully saturated rings. The topological polar surface area (TPSA) is 164 Å². The number of carbonyl (C=O) groups is 1. The van der Waals surface area contributed by atoms with Crippen molar-refractivity contribution in [2.75, 3.05) is 20.8 Å². The van der Waals surface area contributed by atoms with Gasteiger partial charge >= 0.3 is 0 Å². The van der Waals surface area contributed by atoms with Gasteiger partial charge in [0.05, 0.1) is 27.2 Å². The number of para-hydroxylation sites is 1. The SMILES string of the molecule is COc1ccccc1C1CC(=O)c2c(O)cc(OC3OC(CO)C(O)C(O)C3O)c(OC)c2O1. The molecule has 0 aromatic heterocycles. The van der Waals surface area contributed by atoms with Crippen LogP contribution in [-0.2, 0) is 4.74 Å². The lowest BCUT2D eigenvalue weighted by Gasteiger charge is -2.39. The van der Waals surface area contributed by atoms with Crippen LogP contribution in [0.15, 0.2) is 30.3 Å². The van der Waals surface area contributed by atoms with Crippen LogP contribution in [0.3, 0.4) is 0 Å². The van der Waals surface area contributed by atoms with Crippen LogP contribution < -0.4 is 18.9 Å². The lowest BCUT2D eigenvalue weighted by molar-refractivity contribution is -0.277. The molecule has 6 unspecified atom stereocenters. The van der Waals surface area contributed by atoms with Crippen molar-refractivity contribution in [3.63, 3.8) is 0 Å². The summed E-state index contributed by atoms with van der Waals surface area (Å²) >= 11 is 0. The summed E-state index contributed by atoms with van der Waals surface area (Å²) in [5, 5.41) is 50.3. The molecule has 0 bridgehead atoms. The van der Waals surface area contributed by atoms with Crippen LogP contribution in [-0.4, -0.2) is 82.8 Å². The number of phenols is 1. The minimum absolute atomic E-state index is 0.0577. The molecule has 0 amide bonds. The van der Waals surface area contributed by atoms with E-state index in [1.165, 1.54) is 14.2 Å². The average Bonchev–Trinajstić information content (AvgIpc) is 2.84. The van der Waals surface area contributed by atoms with Crippen molar-refractivity contribution in [1.29, 1.82) is 0 Å². The second kappa shape index (κ2) is 9.65. The molecule has 34 heavy (non-hydrogen) atoms. The van der Waals surface area contributed by atoms with E-state index in [1.54, 1.807) is 24.3 Å². The van der Waals surface area contributed by atoms with E-state index in [0.717, 1.165) is 6.07 Å². The monoisotopic (exact) mass is 478 g/mol. The Labute approximate surface area is 194 Å². The predicted octanol–water partition coefficient (Wildman–Crippen LogP) is 0.295. The number of Topliss-reactive ketones (excluding diaryl/α,β-unsaturated/α-hetero) is 1. The Bertz CT molecular complexity index is 1050. The Morgan fingerprint density at radius 3 is 2.44 bits per heavy atom. The Morgan fingerprint density at radius 2 is 1.76 bits per heavy atom. The average molecular weight is 478 g/mol. The number of hydrogen-bond acceptors (Lipinski definition) is 11. The van der Waals surface area contributed by atoms with Crippen LogP contribution >= 0.6 is 0 Å². The number of aromatic hydroxyl groups is 1. The molecule has 0 spiro atoms. The zero-order chi connectivity index (χ0) is 24.6. The molecule has 2 aliphatic heterocycles. The molecule has 11 heteroatoms. The summed E-state index contributed by atoms with van der Waals surface area (Å²) in [6, 6.07) is 8.13. The first-order chi connectivity index (χ1) is 16.3. The predicted molar refractivity (Wildman–Crippen MR) is 114 cm³/mol.